The van der Waals surface area contributed by atoms with Gasteiger partial charge in [0.05, 0.1) is 12.7 Å². The van der Waals surface area contributed by atoms with E-state index < -0.39 is 0 Å². The minimum Gasteiger partial charge on any atom is -0.349 e. The first-order valence-electron chi connectivity index (χ1n) is 13.1. The average molecular weight is 415 g/mol. The molecule has 0 aromatic carbocycles. The van der Waals surface area contributed by atoms with Gasteiger partial charge in [-0.2, -0.15) is 0 Å². The first-order valence-corrected chi connectivity index (χ1v) is 13.1. The van der Waals surface area contributed by atoms with Crippen molar-refractivity contribution in [3.05, 3.63) is 0 Å². The van der Waals surface area contributed by atoms with E-state index in [4.69, 9.17) is 9.47 Å². The standard InChI is InChI=1S/C27H42O3/c1-16-7-12-27(29-15-16)17(2)24-23(30-27)14-22-20-6-5-18-13-19(28)8-10-25(18,3)21(20)9-11-26(22,24)4/h16-18,20-24H,5-15H2,1-4H3/t16-,17?,18+,20?,21?,22?,23?,24?,25-,26-,27?/m0/s1. The lowest BCUT2D eigenvalue weighted by Gasteiger charge is -2.60. The van der Waals surface area contributed by atoms with Crippen LogP contribution < -0.4 is 0 Å². The molecule has 3 nitrogen and oxygen atoms in total. The summed E-state index contributed by atoms with van der Waals surface area (Å²) in [4.78, 5) is 12.2. The summed E-state index contributed by atoms with van der Waals surface area (Å²) in [6.45, 7) is 10.8. The second-order valence-corrected chi connectivity index (χ2v) is 12.9. The van der Waals surface area contributed by atoms with Gasteiger partial charge in [-0.05, 0) is 91.3 Å². The molecule has 3 heteroatoms. The van der Waals surface area contributed by atoms with Crippen molar-refractivity contribution < 1.29 is 14.3 Å². The van der Waals surface area contributed by atoms with Crippen LogP contribution >= 0.6 is 0 Å². The maximum absolute atomic E-state index is 12.2. The molecule has 4 saturated carbocycles. The molecule has 4 aliphatic carbocycles. The first-order chi connectivity index (χ1) is 14.3. The molecule has 6 aliphatic rings. The third-order valence-corrected chi connectivity index (χ3v) is 11.7. The van der Waals surface area contributed by atoms with Gasteiger partial charge < -0.3 is 9.47 Å². The fourth-order valence-corrected chi connectivity index (χ4v) is 10.1. The molecule has 30 heavy (non-hydrogen) atoms. The number of Topliss-reactive ketones (excluding diaryl/α,β-unsaturated/α-hetero) is 1. The molecule has 0 amide bonds. The van der Waals surface area contributed by atoms with E-state index in [0.29, 0.717) is 46.4 Å². The van der Waals surface area contributed by atoms with Crippen molar-refractivity contribution in [2.75, 3.05) is 6.61 Å². The molecule has 0 bridgehead atoms. The second kappa shape index (κ2) is 6.56. The van der Waals surface area contributed by atoms with E-state index >= 15 is 0 Å². The number of carbonyl (C=O) groups is 1. The van der Waals surface area contributed by atoms with Crippen LogP contribution in [-0.2, 0) is 14.3 Å². The number of fused-ring (bicyclic) bond motifs is 7. The predicted octanol–water partition coefficient (Wildman–Crippen LogP) is 6.00. The van der Waals surface area contributed by atoms with Gasteiger partial charge in [0.1, 0.15) is 5.78 Å². The average Bonchev–Trinajstić information content (AvgIpc) is 3.16. The fourth-order valence-electron chi connectivity index (χ4n) is 10.1. The van der Waals surface area contributed by atoms with Crippen LogP contribution in [-0.4, -0.2) is 24.3 Å². The molecular weight excluding hydrogens is 372 g/mol. The summed E-state index contributed by atoms with van der Waals surface area (Å²) in [5.41, 5.74) is 0.820. The molecule has 2 aliphatic heterocycles. The van der Waals surface area contributed by atoms with Crippen LogP contribution in [0.25, 0.3) is 0 Å². The van der Waals surface area contributed by atoms with Gasteiger partial charge in [-0.25, -0.2) is 0 Å². The number of carbonyl (C=O) groups excluding carboxylic acids is 1. The van der Waals surface area contributed by atoms with Crippen molar-refractivity contribution in [1.29, 1.82) is 0 Å². The van der Waals surface area contributed by atoms with E-state index in [-0.39, 0.29) is 5.79 Å². The van der Waals surface area contributed by atoms with Gasteiger partial charge >= 0.3 is 0 Å². The molecule has 0 aromatic heterocycles. The zero-order chi connectivity index (χ0) is 20.9. The number of rotatable bonds is 0. The van der Waals surface area contributed by atoms with Gasteiger partial charge in [-0.15, -0.1) is 0 Å². The Bertz CT molecular complexity index is 724. The van der Waals surface area contributed by atoms with Crippen LogP contribution in [0.1, 0.15) is 91.9 Å². The lowest BCUT2D eigenvalue weighted by atomic mass is 9.44. The van der Waals surface area contributed by atoms with Crippen molar-refractivity contribution in [1.82, 2.24) is 0 Å². The lowest BCUT2D eigenvalue weighted by molar-refractivity contribution is -0.273. The van der Waals surface area contributed by atoms with E-state index in [1.165, 1.54) is 38.5 Å². The van der Waals surface area contributed by atoms with Gasteiger partial charge in [-0.3, -0.25) is 4.79 Å². The fraction of sp³-hybridized carbons (Fsp3) is 0.963. The van der Waals surface area contributed by atoms with Crippen LogP contribution in [0, 0.1) is 52.3 Å². The molecule has 0 radical (unpaired) electrons. The summed E-state index contributed by atoms with van der Waals surface area (Å²) in [6, 6.07) is 0. The molecule has 6 fully saturated rings. The Hall–Kier alpha value is -0.410. The molecule has 6 rings (SSSR count). The molecule has 7 unspecified atom stereocenters. The van der Waals surface area contributed by atoms with Crippen LogP contribution in [0.3, 0.4) is 0 Å². The zero-order valence-corrected chi connectivity index (χ0v) is 19.6. The number of hydrogen-bond acceptors (Lipinski definition) is 3. The third kappa shape index (κ3) is 2.54. The van der Waals surface area contributed by atoms with E-state index in [0.717, 1.165) is 50.0 Å². The summed E-state index contributed by atoms with van der Waals surface area (Å²) in [5, 5.41) is 0. The van der Waals surface area contributed by atoms with E-state index in [2.05, 4.69) is 27.7 Å². The molecular formula is C27H42O3. The second-order valence-electron chi connectivity index (χ2n) is 12.9. The normalized spacial score (nSPS) is 60.1. The van der Waals surface area contributed by atoms with Gasteiger partial charge in [0, 0.05) is 25.2 Å². The van der Waals surface area contributed by atoms with E-state index in [1.807, 2.05) is 0 Å². The summed E-state index contributed by atoms with van der Waals surface area (Å²) < 4.78 is 13.4. The Balaban J connectivity index is 1.26. The Morgan fingerprint density at radius 3 is 2.53 bits per heavy atom. The predicted molar refractivity (Wildman–Crippen MR) is 117 cm³/mol. The highest BCUT2D eigenvalue weighted by Crippen LogP contribution is 2.71. The smallest absolute Gasteiger partial charge is 0.171 e. The third-order valence-electron chi connectivity index (χ3n) is 11.7. The maximum atomic E-state index is 12.2. The molecule has 2 saturated heterocycles. The highest BCUT2D eigenvalue weighted by molar-refractivity contribution is 5.79. The van der Waals surface area contributed by atoms with Crippen molar-refractivity contribution in [2.24, 2.45) is 52.3 Å². The van der Waals surface area contributed by atoms with Gasteiger partial charge in [-0.1, -0.05) is 27.7 Å². The van der Waals surface area contributed by atoms with Crippen molar-refractivity contribution in [2.45, 2.75) is 104 Å². The summed E-state index contributed by atoms with van der Waals surface area (Å²) >= 11 is 0. The molecule has 1 spiro atoms. The monoisotopic (exact) mass is 414 g/mol. The number of hydrogen-bond donors (Lipinski definition) is 0. The van der Waals surface area contributed by atoms with Gasteiger partial charge in [0.15, 0.2) is 5.79 Å². The summed E-state index contributed by atoms with van der Waals surface area (Å²) in [7, 11) is 0. The van der Waals surface area contributed by atoms with Crippen LogP contribution in [0.4, 0.5) is 0 Å². The highest BCUT2D eigenvalue weighted by Gasteiger charge is 2.69. The summed E-state index contributed by atoms with van der Waals surface area (Å²) in [5.74, 6) is 5.23. The van der Waals surface area contributed by atoms with Crippen LogP contribution in [0.2, 0.25) is 0 Å². The van der Waals surface area contributed by atoms with E-state index in [1.54, 1.807) is 0 Å². The molecule has 11 atom stereocenters. The Labute approximate surface area is 183 Å². The molecule has 0 aromatic rings. The Morgan fingerprint density at radius 1 is 0.933 bits per heavy atom. The summed E-state index contributed by atoms with van der Waals surface area (Å²) in [6.07, 6.45) is 12.2. The Morgan fingerprint density at radius 2 is 1.77 bits per heavy atom. The molecule has 2 heterocycles. The van der Waals surface area contributed by atoms with E-state index in [9.17, 15) is 4.79 Å². The minimum atomic E-state index is -0.292. The number of ketones is 1. The van der Waals surface area contributed by atoms with Crippen molar-refractivity contribution >= 4 is 5.78 Å². The Kier molecular flexibility index (Phi) is 4.42. The topological polar surface area (TPSA) is 35.5 Å². The van der Waals surface area contributed by atoms with Crippen molar-refractivity contribution in [3.8, 4) is 0 Å². The van der Waals surface area contributed by atoms with Gasteiger partial charge in [0.2, 0.25) is 0 Å². The molecule has 0 N–H and O–H groups in total. The first kappa shape index (κ1) is 20.2. The van der Waals surface area contributed by atoms with Crippen LogP contribution in [0.15, 0.2) is 0 Å². The highest BCUT2D eigenvalue weighted by atomic mass is 16.7. The lowest BCUT2D eigenvalue weighted by Crippen LogP contribution is -2.54. The quantitative estimate of drug-likeness (QED) is 0.487. The largest absolute Gasteiger partial charge is 0.349 e. The zero-order valence-electron chi connectivity index (χ0n) is 19.6. The number of ether oxygens (including phenoxy) is 2. The SMILES string of the molecule is CC1C2C(CC3C4CC[C@@H]5CC(=O)CC[C@]5(C)C4CC[C@@]32C)OC12CC[C@H](C)CO2. The minimum absolute atomic E-state index is 0.292. The molecule has 168 valence electrons. The van der Waals surface area contributed by atoms with Gasteiger partial charge in [0.25, 0.3) is 0 Å². The van der Waals surface area contributed by atoms with Crippen LogP contribution in [0.5, 0.6) is 0 Å². The van der Waals surface area contributed by atoms with Crippen molar-refractivity contribution in [3.63, 3.8) is 0 Å². The maximum Gasteiger partial charge on any atom is 0.171 e.